The van der Waals surface area contributed by atoms with Gasteiger partial charge in [-0.15, -0.1) is 0 Å². The summed E-state index contributed by atoms with van der Waals surface area (Å²) >= 11 is 0. The third-order valence-electron chi connectivity index (χ3n) is 8.72. The molecule has 3 aliphatic rings. The Labute approximate surface area is 197 Å². The zero-order valence-corrected chi connectivity index (χ0v) is 20.3. The summed E-state index contributed by atoms with van der Waals surface area (Å²) in [6.45, 7) is 8.53. The number of aliphatic imine (C=N–C) groups is 1. The molecule has 2 fully saturated rings. The van der Waals surface area contributed by atoms with Crippen LogP contribution in [0.5, 0.6) is 0 Å². The van der Waals surface area contributed by atoms with Gasteiger partial charge in [-0.05, 0) is 78.4 Å². The van der Waals surface area contributed by atoms with Gasteiger partial charge >= 0.3 is 5.97 Å². The molecule has 0 spiro atoms. The lowest BCUT2D eigenvalue weighted by molar-refractivity contribution is -0.141. The zero-order valence-electron chi connectivity index (χ0n) is 20.3. The number of nitrogens with zero attached hydrogens (tertiary/aromatic N) is 2. The Hall–Kier alpha value is -2.28. The van der Waals surface area contributed by atoms with Crippen molar-refractivity contribution in [3.05, 3.63) is 35.7 Å². The third kappa shape index (κ3) is 4.70. The van der Waals surface area contributed by atoms with Gasteiger partial charge in [-0.3, -0.25) is 4.99 Å². The van der Waals surface area contributed by atoms with Gasteiger partial charge in [-0.2, -0.15) is 0 Å². The SMILES string of the molecule is CC1(C)CCCC2(C)C3CC(c4ccn(C(CCCN=C(N)N)C(=O)O)c4)OCC3=CCC12. The van der Waals surface area contributed by atoms with Crippen LogP contribution in [0.25, 0.3) is 0 Å². The van der Waals surface area contributed by atoms with Crippen LogP contribution in [0.3, 0.4) is 0 Å². The Morgan fingerprint density at radius 1 is 1.33 bits per heavy atom. The predicted molar refractivity (Wildman–Crippen MR) is 130 cm³/mol. The highest BCUT2D eigenvalue weighted by Crippen LogP contribution is 2.62. The molecule has 0 aromatic carbocycles. The van der Waals surface area contributed by atoms with Crippen molar-refractivity contribution in [2.75, 3.05) is 13.2 Å². The molecule has 1 aromatic heterocycles. The van der Waals surface area contributed by atoms with Gasteiger partial charge in [0, 0.05) is 18.9 Å². The second-order valence-electron chi connectivity index (χ2n) is 11.2. The number of carboxylic acids is 1. The molecule has 33 heavy (non-hydrogen) atoms. The minimum atomic E-state index is -0.844. The molecular weight excluding hydrogens is 416 g/mol. The third-order valence-corrected chi connectivity index (χ3v) is 8.72. The summed E-state index contributed by atoms with van der Waals surface area (Å²) in [6, 6.07) is 1.39. The minimum absolute atomic E-state index is 0.00472. The van der Waals surface area contributed by atoms with E-state index in [4.69, 9.17) is 16.2 Å². The van der Waals surface area contributed by atoms with E-state index in [0.29, 0.717) is 48.7 Å². The van der Waals surface area contributed by atoms with Crippen molar-refractivity contribution in [3.63, 3.8) is 0 Å². The van der Waals surface area contributed by atoms with Crippen LogP contribution in [0.2, 0.25) is 0 Å². The minimum Gasteiger partial charge on any atom is -0.480 e. The first-order valence-corrected chi connectivity index (χ1v) is 12.4. The molecule has 7 heteroatoms. The Morgan fingerprint density at radius 3 is 2.85 bits per heavy atom. The monoisotopic (exact) mass is 456 g/mol. The molecule has 2 aliphatic carbocycles. The van der Waals surface area contributed by atoms with Crippen LogP contribution in [0.4, 0.5) is 0 Å². The van der Waals surface area contributed by atoms with Gasteiger partial charge in [-0.25, -0.2) is 4.79 Å². The fourth-order valence-electron chi connectivity index (χ4n) is 7.01. The Kier molecular flexibility index (Phi) is 6.63. The lowest BCUT2D eigenvalue weighted by atomic mass is 9.47. The van der Waals surface area contributed by atoms with Crippen LogP contribution >= 0.6 is 0 Å². The predicted octanol–water partition coefficient (Wildman–Crippen LogP) is 4.41. The van der Waals surface area contributed by atoms with Gasteiger partial charge < -0.3 is 25.9 Å². The number of guanidine groups is 1. The molecule has 5 atom stereocenters. The second-order valence-corrected chi connectivity index (χ2v) is 11.2. The standard InChI is InChI=1S/C26H40N4O3/c1-25(2)10-5-11-26(3)19-14-21(33-16-18(19)7-8-22(25)26)17-9-13-30(15-17)20(23(31)32)6-4-12-29-24(27)28/h7,9,13,15,19-22H,4-6,8,10-12,14,16H2,1-3H3,(H,31,32)(H4,27,28,29). The summed E-state index contributed by atoms with van der Waals surface area (Å²) < 4.78 is 8.12. The molecule has 182 valence electrons. The number of ether oxygens (including phenoxy) is 1. The quantitative estimate of drug-likeness (QED) is 0.243. The highest BCUT2D eigenvalue weighted by Gasteiger charge is 2.53. The number of aliphatic carboxylic acids is 1. The molecule has 1 saturated heterocycles. The maximum atomic E-state index is 11.9. The van der Waals surface area contributed by atoms with Gasteiger partial charge in [0.05, 0.1) is 12.7 Å². The highest BCUT2D eigenvalue weighted by molar-refractivity contribution is 5.75. The normalized spacial score (nSPS) is 31.6. The van der Waals surface area contributed by atoms with Crippen molar-refractivity contribution in [2.45, 2.75) is 77.9 Å². The summed E-state index contributed by atoms with van der Waals surface area (Å²) in [5, 5.41) is 9.78. The molecule has 1 aliphatic heterocycles. The van der Waals surface area contributed by atoms with E-state index in [9.17, 15) is 9.90 Å². The van der Waals surface area contributed by atoms with Gasteiger partial charge in [0.2, 0.25) is 0 Å². The maximum absolute atomic E-state index is 11.9. The lowest BCUT2D eigenvalue weighted by Gasteiger charge is -2.58. The van der Waals surface area contributed by atoms with Crippen LogP contribution in [-0.2, 0) is 9.53 Å². The molecule has 4 rings (SSSR count). The number of carboxylic acid groups (broad SMARTS) is 1. The average molecular weight is 457 g/mol. The van der Waals surface area contributed by atoms with Crippen molar-refractivity contribution < 1.29 is 14.6 Å². The van der Waals surface area contributed by atoms with E-state index in [2.05, 4.69) is 31.8 Å². The van der Waals surface area contributed by atoms with E-state index in [1.54, 1.807) is 4.57 Å². The van der Waals surface area contributed by atoms with Crippen molar-refractivity contribution >= 4 is 11.9 Å². The van der Waals surface area contributed by atoms with E-state index in [1.165, 1.54) is 31.3 Å². The zero-order chi connectivity index (χ0) is 23.8. The van der Waals surface area contributed by atoms with Gasteiger partial charge in [0.25, 0.3) is 0 Å². The fourth-order valence-corrected chi connectivity index (χ4v) is 7.01. The van der Waals surface area contributed by atoms with Crippen molar-refractivity contribution in [2.24, 2.45) is 39.1 Å². The Bertz CT molecular complexity index is 930. The maximum Gasteiger partial charge on any atom is 0.326 e. The fraction of sp³-hybridized carbons (Fsp3) is 0.692. The van der Waals surface area contributed by atoms with E-state index in [1.807, 2.05) is 18.5 Å². The van der Waals surface area contributed by atoms with Crippen LogP contribution in [0.15, 0.2) is 35.1 Å². The summed E-state index contributed by atoms with van der Waals surface area (Å²) in [6.07, 6.45) is 13.4. The largest absolute Gasteiger partial charge is 0.480 e. The number of carbonyl (C=O) groups is 1. The Balaban J connectivity index is 1.49. The van der Waals surface area contributed by atoms with Crippen molar-refractivity contribution in [1.82, 2.24) is 4.57 Å². The van der Waals surface area contributed by atoms with Crippen LogP contribution in [0, 0.1) is 22.7 Å². The molecule has 2 heterocycles. The first-order valence-electron chi connectivity index (χ1n) is 12.4. The van der Waals surface area contributed by atoms with Crippen LogP contribution < -0.4 is 11.5 Å². The lowest BCUT2D eigenvalue weighted by Crippen LogP contribution is -2.50. The van der Waals surface area contributed by atoms with E-state index in [-0.39, 0.29) is 12.1 Å². The number of nitrogens with two attached hydrogens (primary N) is 2. The van der Waals surface area contributed by atoms with Crippen molar-refractivity contribution in [1.29, 1.82) is 0 Å². The molecule has 0 radical (unpaired) electrons. The van der Waals surface area contributed by atoms with Gasteiger partial charge in [0.1, 0.15) is 6.04 Å². The molecule has 1 aromatic rings. The molecule has 5 N–H and O–H groups in total. The van der Waals surface area contributed by atoms with E-state index < -0.39 is 12.0 Å². The average Bonchev–Trinajstić information content (AvgIpc) is 3.22. The first-order chi connectivity index (χ1) is 15.6. The van der Waals surface area contributed by atoms with Crippen LogP contribution in [-0.4, -0.2) is 34.8 Å². The van der Waals surface area contributed by atoms with Gasteiger partial charge in [0.15, 0.2) is 5.96 Å². The van der Waals surface area contributed by atoms with Crippen molar-refractivity contribution in [3.8, 4) is 0 Å². The molecule has 0 bridgehead atoms. The van der Waals surface area contributed by atoms with Crippen LogP contribution in [0.1, 0.15) is 83.4 Å². The molecular formula is C26H40N4O3. The number of hydrogen-bond donors (Lipinski definition) is 3. The highest BCUT2D eigenvalue weighted by atomic mass is 16.5. The summed E-state index contributed by atoms with van der Waals surface area (Å²) in [5.74, 6) is 0.432. The molecule has 7 nitrogen and oxygen atoms in total. The molecule has 0 amide bonds. The summed E-state index contributed by atoms with van der Waals surface area (Å²) in [5.41, 5.74) is 14.0. The summed E-state index contributed by atoms with van der Waals surface area (Å²) in [4.78, 5) is 15.9. The van der Waals surface area contributed by atoms with Gasteiger partial charge in [-0.1, -0.05) is 33.3 Å². The topological polar surface area (TPSA) is 116 Å². The smallest absolute Gasteiger partial charge is 0.326 e. The van der Waals surface area contributed by atoms with E-state index in [0.717, 1.165) is 12.0 Å². The second kappa shape index (κ2) is 9.16. The number of fused-ring (bicyclic) bond motifs is 3. The number of allylic oxidation sites excluding steroid dienone is 1. The number of aromatic nitrogens is 1. The first kappa shape index (κ1) is 23.9. The summed E-state index contributed by atoms with van der Waals surface area (Å²) in [7, 11) is 0. The number of rotatable bonds is 7. The Morgan fingerprint density at radius 2 is 2.12 bits per heavy atom. The van der Waals surface area contributed by atoms with E-state index >= 15 is 0 Å². The molecule has 1 saturated carbocycles. The number of hydrogen-bond acceptors (Lipinski definition) is 3. The molecule has 5 unspecified atom stereocenters.